The van der Waals surface area contributed by atoms with Crippen molar-refractivity contribution in [1.29, 1.82) is 0 Å². The van der Waals surface area contributed by atoms with Crippen LogP contribution in [0.4, 0.5) is 9.52 Å². The molecule has 0 fully saturated rings. The first-order valence-corrected chi connectivity index (χ1v) is 7.85. The normalized spacial score (nSPS) is 10.5. The number of nitrogens with zero attached hydrogens (tertiary/aromatic N) is 2. The monoisotopic (exact) mass is 377 g/mol. The van der Waals surface area contributed by atoms with Crippen molar-refractivity contribution >= 4 is 38.5 Å². The molecule has 1 N–H and O–H groups in total. The average molecular weight is 378 g/mol. The molecule has 22 heavy (non-hydrogen) atoms. The zero-order valence-corrected chi connectivity index (χ0v) is 13.5. The molecule has 1 aromatic heterocycles. The quantitative estimate of drug-likeness (QED) is 0.737. The summed E-state index contributed by atoms with van der Waals surface area (Å²) in [4.78, 5) is 16.4. The fourth-order valence-corrected chi connectivity index (χ4v) is 2.77. The molecule has 0 atom stereocenters. The first-order valence-electron chi connectivity index (χ1n) is 6.28. The number of anilines is 1. The van der Waals surface area contributed by atoms with E-state index in [2.05, 4.69) is 30.6 Å². The van der Waals surface area contributed by atoms with Crippen molar-refractivity contribution in [3.63, 3.8) is 0 Å². The van der Waals surface area contributed by atoms with Crippen molar-refractivity contribution in [2.24, 2.45) is 0 Å². The lowest BCUT2D eigenvalue weighted by atomic mass is 10.2. The fraction of sp³-hybridized carbons (Fsp3) is 0. The van der Waals surface area contributed by atoms with Gasteiger partial charge in [0.25, 0.3) is 5.91 Å². The molecule has 0 saturated heterocycles. The van der Waals surface area contributed by atoms with Gasteiger partial charge in [-0.1, -0.05) is 22.0 Å². The summed E-state index contributed by atoms with van der Waals surface area (Å²) in [6.07, 6.45) is 0. The molecule has 0 bridgehead atoms. The van der Waals surface area contributed by atoms with Gasteiger partial charge in [-0.2, -0.15) is 9.36 Å². The van der Waals surface area contributed by atoms with Crippen LogP contribution in [0.1, 0.15) is 10.4 Å². The Morgan fingerprint density at radius 2 is 1.95 bits per heavy atom. The maximum absolute atomic E-state index is 12.9. The molecule has 3 aromatic rings. The lowest BCUT2D eigenvalue weighted by Gasteiger charge is -2.01. The highest BCUT2D eigenvalue weighted by Crippen LogP contribution is 2.22. The molecule has 110 valence electrons. The Hall–Kier alpha value is -2.12. The van der Waals surface area contributed by atoms with Gasteiger partial charge in [0.1, 0.15) is 5.82 Å². The number of carbonyl (C=O) groups excluding carboxylic acids is 1. The van der Waals surface area contributed by atoms with Crippen molar-refractivity contribution in [3.05, 3.63) is 64.4 Å². The Bertz CT molecular complexity index is 820. The Morgan fingerprint density at radius 3 is 2.68 bits per heavy atom. The van der Waals surface area contributed by atoms with E-state index in [0.29, 0.717) is 22.1 Å². The number of hydrogen-bond donors (Lipinski definition) is 1. The summed E-state index contributed by atoms with van der Waals surface area (Å²) >= 11 is 4.40. The molecule has 4 nitrogen and oxygen atoms in total. The van der Waals surface area contributed by atoms with Crippen molar-refractivity contribution in [3.8, 4) is 11.4 Å². The molecule has 0 aliphatic heterocycles. The largest absolute Gasteiger partial charge is 0.297 e. The van der Waals surface area contributed by atoms with Gasteiger partial charge in [0.2, 0.25) is 5.13 Å². The first-order chi connectivity index (χ1) is 10.6. The topological polar surface area (TPSA) is 54.9 Å². The first kappa shape index (κ1) is 14.8. The Balaban J connectivity index is 1.77. The molecule has 2 aromatic carbocycles. The highest BCUT2D eigenvalue weighted by molar-refractivity contribution is 9.10. The van der Waals surface area contributed by atoms with Gasteiger partial charge in [0, 0.05) is 27.1 Å². The van der Waals surface area contributed by atoms with Crippen LogP contribution >= 0.6 is 27.5 Å². The van der Waals surface area contributed by atoms with E-state index in [4.69, 9.17) is 0 Å². The van der Waals surface area contributed by atoms with Crippen LogP contribution in [0.3, 0.4) is 0 Å². The molecular formula is C15H9BrFN3OS. The average Bonchev–Trinajstić information content (AvgIpc) is 2.96. The molecule has 0 aliphatic rings. The van der Waals surface area contributed by atoms with E-state index in [-0.39, 0.29) is 11.7 Å². The van der Waals surface area contributed by atoms with Gasteiger partial charge >= 0.3 is 0 Å². The summed E-state index contributed by atoms with van der Waals surface area (Å²) in [5, 5.41) is 3.09. The highest BCUT2D eigenvalue weighted by Gasteiger charge is 2.11. The standard InChI is InChI=1S/C15H9BrFN3OS/c16-11-3-1-2-10(8-11)14(21)19-15-18-13(20-22-15)9-4-6-12(17)7-5-9/h1-8H,(H,18,19,20,21). The minimum Gasteiger partial charge on any atom is -0.297 e. The van der Waals surface area contributed by atoms with Gasteiger partial charge in [-0.25, -0.2) is 4.39 Å². The second kappa shape index (κ2) is 6.33. The predicted molar refractivity (Wildman–Crippen MR) is 87.4 cm³/mol. The molecule has 0 spiro atoms. The molecule has 3 rings (SSSR count). The summed E-state index contributed by atoms with van der Waals surface area (Å²) in [6.45, 7) is 0. The number of halogens is 2. The Kier molecular flexibility index (Phi) is 4.26. The fourth-order valence-electron chi connectivity index (χ4n) is 1.79. The van der Waals surface area contributed by atoms with Crippen molar-refractivity contribution in [1.82, 2.24) is 9.36 Å². The zero-order valence-electron chi connectivity index (χ0n) is 11.1. The summed E-state index contributed by atoms with van der Waals surface area (Å²) in [5.41, 5.74) is 1.22. The lowest BCUT2D eigenvalue weighted by Crippen LogP contribution is -2.11. The zero-order chi connectivity index (χ0) is 15.5. The third-order valence-electron chi connectivity index (χ3n) is 2.84. The van der Waals surface area contributed by atoms with Crippen LogP contribution in [0, 0.1) is 5.82 Å². The van der Waals surface area contributed by atoms with Gasteiger partial charge < -0.3 is 0 Å². The van der Waals surface area contributed by atoms with E-state index >= 15 is 0 Å². The Labute approximate surface area is 138 Å². The molecular weight excluding hydrogens is 369 g/mol. The summed E-state index contributed by atoms with van der Waals surface area (Å²) in [6, 6.07) is 12.9. The number of hydrogen-bond acceptors (Lipinski definition) is 4. The molecule has 1 amide bonds. The van der Waals surface area contributed by atoms with Gasteiger partial charge in [0.05, 0.1) is 0 Å². The van der Waals surface area contributed by atoms with Crippen LogP contribution in [0.2, 0.25) is 0 Å². The van der Waals surface area contributed by atoms with Crippen molar-refractivity contribution < 1.29 is 9.18 Å². The number of aromatic nitrogens is 2. The second-order valence-corrected chi connectivity index (χ2v) is 6.06. The van der Waals surface area contributed by atoms with Gasteiger partial charge in [-0.3, -0.25) is 10.1 Å². The minimum atomic E-state index is -0.317. The molecule has 0 unspecified atom stereocenters. The van der Waals surface area contributed by atoms with Crippen molar-refractivity contribution in [2.45, 2.75) is 0 Å². The van der Waals surface area contributed by atoms with E-state index in [1.165, 1.54) is 12.1 Å². The van der Waals surface area contributed by atoms with Crippen molar-refractivity contribution in [2.75, 3.05) is 5.32 Å². The van der Waals surface area contributed by atoms with Crippen LogP contribution in [0.15, 0.2) is 53.0 Å². The smallest absolute Gasteiger partial charge is 0.257 e. The second-order valence-electron chi connectivity index (χ2n) is 4.39. The van der Waals surface area contributed by atoms with Crippen LogP contribution < -0.4 is 5.32 Å². The highest BCUT2D eigenvalue weighted by atomic mass is 79.9. The van der Waals surface area contributed by atoms with E-state index in [0.717, 1.165) is 16.0 Å². The minimum absolute atomic E-state index is 0.261. The van der Waals surface area contributed by atoms with Gasteiger partial charge in [0.15, 0.2) is 5.82 Å². The number of rotatable bonds is 3. The maximum atomic E-state index is 12.9. The van der Waals surface area contributed by atoms with E-state index < -0.39 is 0 Å². The van der Waals surface area contributed by atoms with Gasteiger partial charge in [-0.15, -0.1) is 0 Å². The van der Waals surface area contributed by atoms with Crippen LogP contribution in [-0.2, 0) is 0 Å². The van der Waals surface area contributed by atoms with Gasteiger partial charge in [-0.05, 0) is 42.5 Å². The summed E-state index contributed by atoms with van der Waals surface area (Å²) < 4.78 is 17.9. The van der Waals surface area contributed by atoms with E-state index in [1.54, 1.807) is 30.3 Å². The number of benzene rings is 2. The number of carbonyl (C=O) groups is 1. The summed E-state index contributed by atoms with van der Waals surface area (Å²) in [7, 11) is 0. The summed E-state index contributed by atoms with van der Waals surface area (Å²) in [5.74, 6) is -0.125. The molecule has 0 aliphatic carbocycles. The van der Waals surface area contributed by atoms with Crippen LogP contribution in [-0.4, -0.2) is 15.3 Å². The molecule has 7 heteroatoms. The third-order valence-corrected chi connectivity index (χ3v) is 3.96. The van der Waals surface area contributed by atoms with Crippen LogP contribution in [0.5, 0.6) is 0 Å². The van der Waals surface area contributed by atoms with E-state index in [1.807, 2.05) is 6.07 Å². The predicted octanol–water partition coefficient (Wildman–Crippen LogP) is 4.36. The lowest BCUT2D eigenvalue weighted by molar-refractivity contribution is 0.102. The Morgan fingerprint density at radius 1 is 1.18 bits per heavy atom. The molecule has 0 radical (unpaired) electrons. The van der Waals surface area contributed by atoms with Crippen LogP contribution in [0.25, 0.3) is 11.4 Å². The molecule has 0 saturated carbocycles. The van der Waals surface area contributed by atoms with E-state index in [9.17, 15) is 9.18 Å². The number of amides is 1. The number of nitrogens with one attached hydrogen (secondary N) is 1. The molecule has 1 heterocycles. The third kappa shape index (κ3) is 3.37. The maximum Gasteiger partial charge on any atom is 0.257 e. The SMILES string of the molecule is O=C(Nc1nc(-c2ccc(F)cc2)ns1)c1cccc(Br)c1.